The fourth-order valence-corrected chi connectivity index (χ4v) is 7.93. The topological polar surface area (TPSA) is 83.8 Å². The number of phenols is 1. The average molecular weight is 616 g/mol. The van der Waals surface area contributed by atoms with Crippen molar-refractivity contribution >= 4 is 27.5 Å². The Balaban J connectivity index is 1.34. The molecule has 6 heterocycles. The van der Waals surface area contributed by atoms with Gasteiger partial charge in [0.2, 0.25) is 5.88 Å². The van der Waals surface area contributed by atoms with Crippen LogP contribution in [0.3, 0.4) is 0 Å². The number of nitrogens with zero attached hydrogens (tertiary/aromatic N) is 5. The summed E-state index contributed by atoms with van der Waals surface area (Å²) < 4.78 is 58.8. The van der Waals surface area contributed by atoms with E-state index < -0.39 is 23.3 Å². The van der Waals surface area contributed by atoms with Crippen LogP contribution in [-0.4, -0.2) is 75.6 Å². The van der Waals surface area contributed by atoms with E-state index in [0.717, 1.165) is 45.2 Å². The van der Waals surface area contributed by atoms with Crippen molar-refractivity contribution in [2.75, 3.05) is 37.7 Å². The predicted octanol–water partition coefficient (Wildman–Crippen LogP) is 5.91. The Kier molecular flexibility index (Phi) is 6.68. The summed E-state index contributed by atoms with van der Waals surface area (Å²) in [5, 5.41) is 11.6. The van der Waals surface area contributed by atoms with E-state index in [1.54, 1.807) is 0 Å². The molecule has 1 unspecified atom stereocenters. The number of phenolic OH excluding ortho intramolecular Hbond substituents is 1. The molecular formula is C34H32F3N5O3. The first-order chi connectivity index (χ1) is 21.8. The number of terminal acetylenes is 1. The second kappa shape index (κ2) is 10.7. The summed E-state index contributed by atoms with van der Waals surface area (Å²) in [7, 11) is 0. The molecule has 0 saturated carbocycles. The van der Waals surface area contributed by atoms with E-state index in [4.69, 9.17) is 20.9 Å². The molecule has 8 nitrogen and oxygen atoms in total. The highest BCUT2D eigenvalue weighted by molar-refractivity contribution is 6.04. The number of hydrogen-bond donors (Lipinski definition) is 1. The van der Waals surface area contributed by atoms with Crippen LogP contribution in [0.25, 0.3) is 32.9 Å². The number of pyridine rings is 1. The zero-order chi connectivity index (χ0) is 30.9. The summed E-state index contributed by atoms with van der Waals surface area (Å²) in [6.45, 7) is 2.45. The van der Waals surface area contributed by atoms with Crippen molar-refractivity contribution in [1.29, 1.82) is 0 Å². The largest absolute Gasteiger partial charge is 0.508 e. The third kappa shape index (κ3) is 4.52. The Morgan fingerprint density at radius 2 is 1.98 bits per heavy atom. The van der Waals surface area contributed by atoms with Gasteiger partial charge in [0.1, 0.15) is 46.8 Å². The van der Waals surface area contributed by atoms with E-state index in [0.29, 0.717) is 42.6 Å². The number of hydrogen-bond acceptors (Lipinski definition) is 8. The molecule has 4 aromatic rings. The quantitative estimate of drug-likeness (QED) is 0.284. The van der Waals surface area contributed by atoms with Crippen molar-refractivity contribution in [1.82, 2.24) is 19.9 Å². The van der Waals surface area contributed by atoms with Crippen LogP contribution in [0.1, 0.15) is 50.5 Å². The van der Waals surface area contributed by atoms with Crippen molar-refractivity contribution in [3.63, 3.8) is 0 Å². The first-order valence-corrected chi connectivity index (χ1v) is 15.6. The van der Waals surface area contributed by atoms with E-state index in [2.05, 4.69) is 25.7 Å². The third-order valence-corrected chi connectivity index (χ3v) is 9.98. The summed E-state index contributed by atoms with van der Waals surface area (Å²) in [5.41, 5.74) is -0.657. The fourth-order valence-electron chi connectivity index (χ4n) is 7.93. The van der Waals surface area contributed by atoms with Gasteiger partial charge in [0.05, 0.1) is 17.7 Å². The predicted molar refractivity (Wildman–Crippen MR) is 163 cm³/mol. The average Bonchev–Trinajstić information content (AvgIpc) is 3.55. The number of alkyl halides is 1. The lowest BCUT2D eigenvalue weighted by molar-refractivity contribution is 0.107. The number of rotatable bonds is 4. The van der Waals surface area contributed by atoms with E-state index in [9.17, 15) is 13.9 Å². The number of ether oxygens (including phenoxy) is 2. The number of piperidine rings is 1. The molecule has 0 spiro atoms. The van der Waals surface area contributed by atoms with Crippen molar-refractivity contribution in [3.8, 4) is 41.2 Å². The van der Waals surface area contributed by atoms with Gasteiger partial charge in [-0.25, -0.2) is 18.2 Å². The van der Waals surface area contributed by atoms with Gasteiger partial charge in [0, 0.05) is 42.9 Å². The summed E-state index contributed by atoms with van der Waals surface area (Å²) in [5.74, 6) is 1.38. The monoisotopic (exact) mass is 615 g/mol. The Morgan fingerprint density at radius 1 is 1.09 bits per heavy atom. The molecule has 232 valence electrons. The summed E-state index contributed by atoms with van der Waals surface area (Å²) in [4.78, 5) is 18.4. The molecule has 3 atom stereocenters. The lowest BCUT2D eigenvalue weighted by Gasteiger charge is -2.38. The molecule has 4 aliphatic rings. The van der Waals surface area contributed by atoms with Crippen LogP contribution in [0.5, 0.6) is 17.6 Å². The number of aromatic hydroxyl groups is 1. The first-order valence-electron chi connectivity index (χ1n) is 15.6. The molecule has 8 rings (SSSR count). The molecule has 0 aliphatic carbocycles. The summed E-state index contributed by atoms with van der Waals surface area (Å²) >= 11 is 0. The van der Waals surface area contributed by atoms with Crippen molar-refractivity contribution in [3.05, 3.63) is 41.5 Å². The normalized spacial score (nSPS) is 24.5. The first kappa shape index (κ1) is 28.2. The van der Waals surface area contributed by atoms with Gasteiger partial charge in [0.15, 0.2) is 5.82 Å². The highest BCUT2D eigenvalue weighted by Crippen LogP contribution is 2.45. The molecule has 4 aliphatic heterocycles. The molecule has 2 aromatic carbocycles. The second-order valence-electron chi connectivity index (χ2n) is 12.6. The van der Waals surface area contributed by atoms with Gasteiger partial charge in [-0.3, -0.25) is 4.90 Å². The molecule has 3 saturated heterocycles. The van der Waals surface area contributed by atoms with Gasteiger partial charge in [-0.1, -0.05) is 12.0 Å². The molecule has 2 aromatic heterocycles. The minimum atomic E-state index is -0.922. The standard InChI is InChI=1S/C34H32F3N5O3/c1-2-23-25(36)8-7-19-14-22(43)15-24(26(19)23)29-28(37)30-27-31(42-12-4-3-6-21(42)9-13-44-32(27)38-29)40-33(39-30)45-18-34-10-5-11-41(34)17-20(35)16-34/h1,7-8,14-15,20-21,43H,3-6,9-13,16-18H2/t20-,21?,34-/m1/s1. The van der Waals surface area contributed by atoms with Crippen LogP contribution >= 0.6 is 0 Å². The maximum Gasteiger partial charge on any atom is 0.319 e. The van der Waals surface area contributed by atoms with Crippen LogP contribution < -0.4 is 14.4 Å². The van der Waals surface area contributed by atoms with Gasteiger partial charge < -0.3 is 19.5 Å². The molecule has 0 amide bonds. The lowest BCUT2D eigenvalue weighted by atomic mass is 9.95. The molecular weight excluding hydrogens is 583 g/mol. The Morgan fingerprint density at radius 3 is 2.84 bits per heavy atom. The highest BCUT2D eigenvalue weighted by atomic mass is 19.1. The zero-order valence-corrected chi connectivity index (χ0v) is 24.7. The smallest absolute Gasteiger partial charge is 0.319 e. The summed E-state index contributed by atoms with van der Waals surface area (Å²) in [6.07, 6.45) is 10.6. The number of benzene rings is 2. The number of aromatic nitrogens is 3. The van der Waals surface area contributed by atoms with Crippen molar-refractivity contribution in [2.24, 2.45) is 0 Å². The number of anilines is 1. The third-order valence-electron chi connectivity index (χ3n) is 9.98. The van der Waals surface area contributed by atoms with Gasteiger partial charge in [-0.05, 0) is 62.2 Å². The zero-order valence-electron chi connectivity index (χ0n) is 24.7. The van der Waals surface area contributed by atoms with E-state index >= 15 is 4.39 Å². The number of halogens is 3. The fraction of sp³-hybridized carbons (Fsp3) is 0.441. The van der Waals surface area contributed by atoms with Crippen molar-refractivity contribution in [2.45, 2.75) is 62.7 Å². The van der Waals surface area contributed by atoms with Crippen LogP contribution in [0.15, 0.2) is 24.3 Å². The SMILES string of the molecule is C#Cc1c(F)ccc2cc(O)cc(-c3nc4c5c(nc(OC[C@]67CCCN6C[C@H](F)C7)nc5c3F)N3CCCCC3CCO4)c12. The Labute approximate surface area is 258 Å². The maximum atomic E-state index is 16.9. The lowest BCUT2D eigenvalue weighted by Crippen LogP contribution is -2.44. The van der Waals surface area contributed by atoms with Gasteiger partial charge in [0.25, 0.3) is 0 Å². The minimum Gasteiger partial charge on any atom is -0.508 e. The second-order valence-corrected chi connectivity index (χ2v) is 12.6. The minimum absolute atomic E-state index is 0.0101. The van der Waals surface area contributed by atoms with Gasteiger partial charge >= 0.3 is 6.01 Å². The van der Waals surface area contributed by atoms with E-state index in [1.165, 1.54) is 24.3 Å². The van der Waals surface area contributed by atoms with Crippen LogP contribution in [0, 0.1) is 24.0 Å². The van der Waals surface area contributed by atoms with Gasteiger partial charge in [-0.15, -0.1) is 6.42 Å². The Bertz CT molecular complexity index is 1900. The van der Waals surface area contributed by atoms with Crippen LogP contribution in [0.4, 0.5) is 19.0 Å². The molecule has 11 heteroatoms. The van der Waals surface area contributed by atoms with E-state index in [-0.39, 0.29) is 58.0 Å². The molecule has 3 fully saturated rings. The molecule has 1 N–H and O–H groups in total. The van der Waals surface area contributed by atoms with Crippen LogP contribution in [-0.2, 0) is 0 Å². The van der Waals surface area contributed by atoms with Crippen molar-refractivity contribution < 1.29 is 27.8 Å². The molecule has 45 heavy (non-hydrogen) atoms. The van der Waals surface area contributed by atoms with Gasteiger partial charge in [-0.2, -0.15) is 9.97 Å². The Hall–Kier alpha value is -4.30. The molecule has 0 bridgehead atoms. The highest BCUT2D eigenvalue weighted by Gasteiger charge is 2.49. The summed E-state index contributed by atoms with van der Waals surface area (Å²) in [6, 6.07) is 5.57. The van der Waals surface area contributed by atoms with Crippen LogP contribution in [0.2, 0.25) is 0 Å². The maximum absolute atomic E-state index is 16.9. The molecule has 0 radical (unpaired) electrons. The van der Waals surface area contributed by atoms with E-state index in [1.807, 2.05) is 0 Å². The number of fused-ring (bicyclic) bond motifs is 4.